The minimum Gasteiger partial charge on any atom is -0.400 e. The van der Waals surface area contributed by atoms with E-state index in [2.05, 4.69) is 5.32 Å². The molecule has 1 rings (SSSR count). The SMILES string of the molecule is C1CCNC1.CC.CO. The summed E-state index contributed by atoms with van der Waals surface area (Å²) in [5, 5.41) is 10.2. The van der Waals surface area contributed by atoms with Crippen LogP contribution in [0.1, 0.15) is 26.7 Å². The molecule has 0 bridgehead atoms. The van der Waals surface area contributed by atoms with Crippen LogP contribution in [0.5, 0.6) is 0 Å². The smallest absolute Gasteiger partial charge is 0.0319 e. The summed E-state index contributed by atoms with van der Waals surface area (Å²) in [5.41, 5.74) is 0. The van der Waals surface area contributed by atoms with E-state index in [9.17, 15) is 0 Å². The molecule has 0 aromatic carbocycles. The Bertz CT molecular complexity index is 20.5. The summed E-state index contributed by atoms with van der Waals surface area (Å²) in [6.07, 6.45) is 2.78. The van der Waals surface area contributed by atoms with E-state index in [1.807, 2.05) is 13.8 Å². The zero-order chi connectivity index (χ0) is 7.54. The second-order valence-corrected chi connectivity index (χ2v) is 1.46. The van der Waals surface area contributed by atoms with E-state index >= 15 is 0 Å². The van der Waals surface area contributed by atoms with Crippen LogP contribution in [0, 0.1) is 0 Å². The summed E-state index contributed by atoms with van der Waals surface area (Å²) in [6, 6.07) is 0. The van der Waals surface area contributed by atoms with Crippen LogP contribution in [-0.4, -0.2) is 25.3 Å². The summed E-state index contributed by atoms with van der Waals surface area (Å²) in [4.78, 5) is 0. The third-order valence-electron chi connectivity index (χ3n) is 0.957. The monoisotopic (exact) mass is 133 g/mol. The van der Waals surface area contributed by atoms with Gasteiger partial charge in [-0.1, -0.05) is 13.8 Å². The number of hydrogen-bond donors (Lipinski definition) is 2. The number of aliphatic hydroxyl groups is 1. The van der Waals surface area contributed by atoms with Gasteiger partial charge < -0.3 is 10.4 Å². The van der Waals surface area contributed by atoms with Gasteiger partial charge >= 0.3 is 0 Å². The van der Waals surface area contributed by atoms with Crippen molar-refractivity contribution in [3.63, 3.8) is 0 Å². The summed E-state index contributed by atoms with van der Waals surface area (Å²) in [5.74, 6) is 0. The van der Waals surface area contributed by atoms with Crippen molar-refractivity contribution in [1.82, 2.24) is 5.32 Å². The average molecular weight is 133 g/mol. The zero-order valence-electron chi connectivity index (χ0n) is 6.78. The Labute approximate surface area is 58.3 Å². The Balaban J connectivity index is 0. The second kappa shape index (κ2) is 15.7. The molecule has 0 aliphatic carbocycles. The Hall–Kier alpha value is -0.0800. The highest BCUT2D eigenvalue weighted by atomic mass is 16.2. The predicted molar refractivity (Wildman–Crippen MR) is 41.6 cm³/mol. The summed E-state index contributed by atoms with van der Waals surface area (Å²) < 4.78 is 0. The predicted octanol–water partition coefficient (Wildman–Crippen LogP) is 1.00. The van der Waals surface area contributed by atoms with Gasteiger partial charge in [0.15, 0.2) is 0 Å². The molecule has 0 aromatic heterocycles. The van der Waals surface area contributed by atoms with E-state index < -0.39 is 0 Å². The topological polar surface area (TPSA) is 32.3 Å². The maximum Gasteiger partial charge on any atom is 0.0319 e. The molecule has 0 unspecified atom stereocenters. The normalized spacial score (nSPS) is 14.7. The van der Waals surface area contributed by atoms with Crippen molar-refractivity contribution in [3.05, 3.63) is 0 Å². The van der Waals surface area contributed by atoms with Crippen LogP contribution in [0.2, 0.25) is 0 Å². The van der Waals surface area contributed by atoms with Crippen molar-refractivity contribution >= 4 is 0 Å². The highest BCUT2D eigenvalue weighted by molar-refractivity contribution is 4.55. The molecule has 9 heavy (non-hydrogen) atoms. The van der Waals surface area contributed by atoms with Gasteiger partial charge in [0.05, 0.1) is 0 Å². The van der Waals surface area contributed by atoms with E-state index in [-0.39, 0.29) is 0 Å². The molecule has 1 heterocycles. The van der Waals surface area contributed by atoms with E-state index in [0.29, 0.717) is 0 Å². The molecule has 58 valence electrons. The summed E-state index contributed by atoms with van der Waals surface area (Å²) >= 11 is 0. The first-order valence-corrected chi connectivity index (χ1v) is 3.65. The lowest BCUT2D eigenvalue weighted by molar-refractivity contribution is 0.399. The Kier molecular flexibility index (Phi) is 20.3. The standard InChI is InChI=1S/C4H9N.C2H6.CH4O/c1-2-4-5-3-1;2*1-2/h5H,1-4H2;1-2H3;2H,1H3. The molecule has 0 atom stereocenters. The maximum atomic E-state index is 7.00. The van der Waals surface area contributed by atoms with Crippen LogP contribution >= 0.6 is 0 Å². The Morgan fingerprint density at radius 3 is 1.44 bits per heavy atom. The molecule has 2 heteroatoms. The molecule has 0 saturated carbocycles. The Morgan fingerprint density at radius 2 is 1.33 bits per heavy atom. The van der Waals surface area contributed by atoms with Gasteiger partial charge in [-0.15, -0.1) is 0 Å². The van der Waals surface area contributed by atoms with Crippen molar-refractivity contribution in [2.24, 2.45) is 0 Å². The largest absolute Gasteiger partial charge is 0.400 e. The highest BCUT2D eigenvalue weighted by Crippen LogP contribution is 1.90. The van der Waals surface area contributed by atoms with Crippen LogP contribution in [0.15, 0.2) is 0 Å². The van der Waals surface area contributed by atoms with Crippen LogP contribution in [-0.2, 0) is 0 Å². The quantitative estimate of drug-likeness (QED) is 0.517. The van der Waals surface area contributed by atoms with Gasteiger partial charge in [-0.2, -0.15) is 0 Å². The summed E-state index contributed by atoms with van der Waals surface area (Å²) in [6.45, 7) is 6.50. The van der Waals surface area contributed by atoms with Crippen molar-refractivity contribution in [2.45, 2.75) is 26.7 Å². The van der Waals surface area contributed by atoms with Gasteiger partial charge in [-0.25, -0.2) is 0 Å². The van der Waals surface area contributed by atoms with E-state index in [1.165, 1.54) is 25.9 Å². The van der Waals surface area contributed by atoms with E-state index in [0.717, 1.165) is 7.11 Å². The molecule has 0 spiro atoms. The molecule has 2 N–H and O–H groups in total. The molecule has 1 saturated heterocycles. The van der Waals surface area contributed by atoms with Gasteiger partial charge in [-0.05, 0) is 25.9 Å². The van der Waals surface area contributed by atoms with Crippen molar-refractivity contribution in [1.29, 1.82) is 0 Å². The van der Waals surface area contributed by atoms with Crippen molar-refractivity contribution in [2.75, 3.05) is 20.2 Å². The van der Waals surface area contributed by atoms with Gasteiger partial charge in [0, 0.05) is 7.11 Å². The zero-order valence-corrected chi connectivity index (χ0v) is 6.78. The average Bonchev–Trinajstić information content (AvgIpc) is 2.51. The van der Waals surface area contributed by atoms with E-state index in [4.69, 9.17) is 5.11 Å². The first-order chi connectivity index (χ1) is 4.50. The highest BCUT2D eigenvalue weighted by Gasteiger charge is 1.93. The fraction of sp³-hybridized carbons (Fsp3) is 1.00. The van der Waals surface area contributed by atoms with Gasteiger partial charge in [-0.3, -0.25) is 0 Å². The minimum absolute atomic E-state index is 1.00. The fourth-order valence-corrected chi connectivity index (χ4v) is 0.625. The molecule has 1 aliphatic heterocycles. The van der Waals surface area contributed by atoms with Gasteiger partial charge in [0.1, 0.15) is 0 Å². The second-order valence-electron chi connectivity index (χ2n) is 1.46. The van der Waals surface area contributed by atoms with Gasteiger partial charge in [0.2, 0.25) is 0 Å². The van der Waals surface area contributed by atoms with Gasteiger partial charge in [0.25, 0.3) is 0 Å². The number of nitrogens with one attached hydrogen (secondary N) is 1. The third-order valence-corrected chi connectivity index (χ3v) is 0.957. The molecule has 0 radical (unpaired) electrons. The molecule has 1 fully saturated rings. The Morgan fingerprint density at radius 1 is 1.00 bits per heavy atom. The molecular formula is C7H19NO. The van der Waals surface area contributed by atoms with Crippen LogP contribution < -0.4 is 5.32 Å². The van der Waals surface area contributed by atoms with Crippen LogP contribution in [0.25, 0.3) is 0 Å². The van der Waals surface area contributed by atoms with E-state index in [1.54, 1.807) is 0 Å². The molecular weight excluding hydrogens is 114 g/mol. The first-order valence-electron chi connectivity index (χ1n) is 3.65. The molecule has 2 nitrogen and oxygen atoms in total. The van der Waals surface area contributed by atoms with Crippen molar-refractivity contribution in [3.8, 4) is 0 Å². The lowest BCUT2D eigenvalue weighted by Gasteiger charge is -1.76. The number of rotatable bonds is 0. The summed E-state index contributed by atoms with van der Waals surface area (Å²) in [7, 11) is 1.00. The maximum absolute atomic E-state index is 7.00. The third kappa shape index (κ3) is 11.5. The fourth-order valence-electron chi connectivity index (χ4n) is 0.625. The first kappa shape index (κ1) is 11.7. The van der Waals surface area contributed by atoms with Crippen LogP contribution in [0.3, 0.4) is 0 Å². The molecule has 1 aliphatic rings. The lowest BCUT2D eigenvalue weighted by Crippen LogP contribution is -2.03. The minimum atomic E-state index is 1.00. The molecule has 0 amide bonds. The van der Waals surface area contributed by atoms with Crippen molar-refractivity contribution < 1.29 is 5.11 Å². The number of hydrogen-bond acceptors (Lipinski definition) is 2. The molecule has 0 aromatic rings. The van der Waals surface area contributed by atoms with Crippen LogP contribution in [0.4, 0.5) is 0 Å². The number of aliphatic hydroxyl groups excluding tert-OH is 1. The lowest BCUT2D eigenvalue weighted by atomic mass is 10.4.